The van der Waals surface area contributed by atoms with Gasteiger partial charge in [-0.2, -0.15) is 10.4 Å². The zero-order valence-corrected chi connectivity index (χ0v) is 20.7. The molecule has 1 aliphatic heterocycles. The van der Waals surface area contributed by atoms with Crippen LogP contribution in [-0.2, 0) is 11.4 Å². The highest BCUT2D eigenvalue weighted by Gasteiger charge is 2.26. The Balaban J connectivity index is 1.45. The van der Waals surface area contributed by atoms with Gasteiger partial charge in [0.2, 0.25) is 0 Å². The molecule has 4 aromatic rings. The summed E-state index contributed by atoms with van der Waals surface area (Å²) in [5, 5.41) is 26.0. The van der Waals surface area contributed by atoms with Crippen molar-refractivity contribution in [1.29, 1.82) is 5.26 Å². The van der Waals surface area contributed by atoms with Crippen molar-refractivity contribution in [3.8, 4) is 28.7 Å². The molecule has 5 rings (SSSR count). The summed E-state index contributed by atoms with van der Waals surface area (Å²) in [6.07, 6.45) is 8.85. The van der Waals surface area contributed by atoms with Crippen molar-refractivity contribution in [3.63, 3.8) is 0 Å². The first kappa shape index (κ1) is 23.3. The Kier molecular flexibility index (Phi) is 6.42. The number of nitrogens with one attached hydrogen (secondary N) is 1. The molecular formula is C24H27N9OS. The molecule has 1 atom stereocenters. The van der Waals surface area contributed by atoms with E-state index in [0.717, 1.165) is 59.8 Å². The zero-order chi connectivity index (χ0) is 24.5. The zero-order valence-electron chi connectivity index (χ0n) is 19.9. The minimum absolute atomic E-state index is 0.207. The van der Waals surface area contributed by atoms with Crippen LogP contribution in [0.2, 0.25) is 0 Å². The van der Waals surface area contributed by atoms with E-state index >= 15 is 0 Å². The highest BCUT2D eigenvalue weighted by Crippen LogP contribution is 2.32. The van der Waals surface area contributed by atoms with E-state index < -0.39 is 11.4 Å². The summed E-state index contributed by atoms with van der Waals surface area (Å²) in [6.45, 7) is 5.75. The topological polar surface area (TPSA) is 123 Å². The number of hydrogen-bond donors (Lipinski definition) is 1. The predicted molar refractivity (Wildman–Crippen MR) is 135 cm³/mol. The van der Waals surface area contributed by atoms with Gasteiger partial charge in [0.15, 0.2) is 0 Å². The number of hydrogen-bond acceptors (Lipinski definition) is 8. The maximum Gasteiger partial charge on any atom is 0.116 e. The van der Waals surface area contributed by atoms with E-state index in [4.69, 9.17) is 10.2 Å². The molecule has 0 saturated carbocycles. The molecule has 10 nitrogen and oxygen atoms in total. The summed E-state index contributed by atoms with van der Waals surface area (Å²) in [5.41, 5.74) is 5.50. The molecule has 4 aromatic heterocycles. The SMILES string of the molecule is CC(C)Nc1cc(-c2ccc3cc(C#N)cnn23)ncc1-c1cn(C2CCN([S+](C)[O-])CC2)nn1. The van der Waals surface area contributed by atoms with E-state index in [9.17, 15) is 4.55 Å². The number of piperidine rings is 1. The summed E-state index contributed by atoms with van der Waals surface area (Å²) in [4.78, 5) is 4.73. The monoisotopic (exact) mass is 489 g/mol. The van der Waals surface area contributed by atoms with Gasteiger partial charge in [0.1, 0.15) is 18.0 Å². The molecule has 1 fully saturated rings. The summed E-state index contributed by atoms with van der Waals surface area (Å²) in [7, 11) is 0. The lowest BCUT2D eigenvalue weighted by Crippen LogP contribution is -2.38. The molecular weight excluding hydrogens is 462 g/mol. The number of fused-ring (bicyclic) bond motifs is 1. The Bertz CT molecular complexity index is 1380. The van der Waals surface area contributed by atoms with Crippen LogP contribution in [0.4, 0.5) is 5.69 Å². The van der Waals surface area contributed by atoms with Gasteiger partial charge < -0.3 is 9.87 Å². The minimum Gasteiger partial charge on any atom is -0.598 e. The number of nitriles is 1. The Hall–Kier alpha value is -3.46. The van der Waals surface area contributed by atoms with E-state index in [1.165, 1.54) is 0 Å². The quantitative estimate of drug-likeness (QED) is 0.409. The first-order chi connectivity index (χ1) is 16.9. The van der Waals surface area contributed by atoms with Crippen molar-refractivity contribution >= 4 is 22.6 Å². The molecule has 0 amide bonds. The summed E-state index contributed by atoms with van der Waals surface area (Å²) in [5.74, 6) is 0. The molecule has 0 aromatic carbocycles. The molecule has 1 saturated heterocycles. The van der Waals surface area contributed by atoms with Crippen LogP contribution in [0.5, 0.6) is 0 Å². The van der Waals surface area contributed by atoms with Crippen LogP contribution in [0.3, 0.4) is 0 Å². The normalized spacial score (nSPS) is 16.0. The van der Waals surface area contributed by atoms with Crippen molar-refractivity contribution in [2.75, 3.05) is 24.7 Å². The molecule has 1 N–H and O–H groups in total. The molecule has 35 heavy (non-hydrogen) atoms. The predicted octanol–water partition coefficient (Wildman–Crippen LogP) is 3.28. The van der Waals surface area contributed by atoms with Gasteiger partial charge in [0.05, 0.1) is 40.9 Å². The average molecular weight is 490 g/mol. The average Bonchev–Trinajstić information content (AvgIpc) is 3.51. The number of anilines is 1. The first-order valence-electron chi connectivity index (χ1n) is 11.6. The lowest BCUT2D eigenvalue weighted by molar-refractivity contribution is 0.259. The molecule has 0 bridgehead atoms. The summed E-state index contributed by atoms with van der Waals surface area (Å²) >= 11 is -0.932. The van der Waals surface area contributed by atoms with E-state index in [-0.39, 0.29) is 12.1 Å². The largest absolute Gasteiger partial charge is 0.598 e. The summed E-state index contributed by atoms with van der Waals surface area (Å²) in [6, 6.07) is 10.3. The fourth-order valence-corrected chi connectivity index (χ4v) is 5.15. The molecule has 0 radical (unpaired) electrons. The molecule has 1 unspecified atom stereocenters. The van der Waals surface area contributed by atoms with Gasteiger partial charge in [-0.05, 0) is 51.0 Å². The molecule has 180 valence electrons. The second-order valence-corrected chi connectivity index (χ2v) is 10.4. The molecule has 0 spiro atoms. The Morgan fingerprint density at radius 2 is 1.97 bits per heavy atom. The lowest BCUT2D eigenvalue weighted by atomic mass is 10.1. The fourth-order valence-electron chi connectivity index (χ4n) is 4.43. The number of nitrogens with zero attached hydrogens (tertiary/aromatic N) is 8. The Labute approximate surface area is 206 Å². The van der Waals surface area contributed by atoms with Crippen LogP contribution in [0.15, 0.2) is 42.9 Å². The van der Waals surface area contributed by atoms with Gasteiger partial charge in [-0.15, -0.1) is 9.40 Å². The van der Waals surface area contributed by atoms with Crippen LogP contribution in [-0.4, -0.2) is 63.8 Å². The maximum atomic E-state index is 11.7. The van der Waals surface area contributed by atoms with Crippen molar-refractivity contribution in [1.82, 2.24) is 33.9 Å². The van der Waals surface area contributed by atoms with Gasteiger partial charge in [-0.1, -0.05) is 5.21 Å². The van der Waals surface area contributed by atoms with Gasteiger partial charge in [0, 0.05) is 47.9 Å². The van der Waals surface area contributed by atoms with Crippen molar-refractivity contribution in [2.24, 2.45) is 0 Å². The highest BCUT2D eigenvalue weighted by atomic mass is 32.2. The number of pyridine rings is 1. The molecule has 11 heteroatoms. The van der Waals surface area contributed by atoms with Crippen LogP contribution < -0.4 is 5.32 Å². The van der Waals surface area contributed by atoms with Gasteiger partial charge in [-0.25, -0.2) is 9.20 Å². The maximum absolute atomic E-state index is 11.7. The smallest absolute Gasteiger partial charge is 0.116 e. The van der Waals surface area contributed by atoms with Gasteiger partial charge >= 0.3 is 0 Å². The van der Waals surface area contributed by atoms with Gasteiger partial charge in [-0.3, -0.25) is 4.98 Å². The Morgan fingerprint density at radius 3 is 2.69 bits per heavy atom. The van der Waals surface area contributed by atoms with E-state index in [1.54, 1.807) is 23.0 Å². The third kappa shape index (κ3) is 4.73. The second kappa shape index (κ2) is 9.65. The Morgan fingerprint density at radius 1 is 1.17 bits per heavy atom. The third-order valence-electron chi connectivity index (χ3n) is 6.19. The van der Waals surface area contributed by atoms with Crippen LogP contribution in [0.1, 0.15) is 38.3 Å². The standard InChI is InChI=1S/C24H27N9OS/c1-16(2)28-21-11-22(24-5-4-19-10-17(12-25)13-27-33(19)24)26-14-20(21)23-15-32(30-29-23)18-6-8-31(9-7-18)35(3)34/h4-5,10-11,13-16,18H,6-9H2,1-3H3,(H,26,28). The molecule has 1 aliphatic rings. The fraction of sp³-hybridized carbons (Fsp3) is 0.375. The lowest BCUT2D eigenvalue weighted by Gasteiger charge is -2.30. The van der Waals surface area contributed by atoms with E-state index in [2.05, 4.69) is 40.6 Å². The van der Waals surface area contributed by atoms with Crippen molar-refractivity contribution in [2.45, 2.75) is 38.8 Å². The van der Waals surface area contributed by atoms with Crippen molar-refractivity contribution in [3.05, 3.63) is 48.4 Å². The van der Waals surface area contributed by atoms with Crippen LogP contribution in [0, 0.1) is 11.3 Å². The summed E-state index contributed by atoms with van der Waals surface area (Å²) < 4.78 is 17.4. The minimum atomic E-state index is -0.932. The van der Waals surface area contributed by atoms with Crippen LogP contribution >= 0.6 is 0 Å². The molecule has 0 aliphatic carbocycles. The third-order valence-corrected chi connectivity index (χ3v) is 7.28. The van der Waals surface area contributed by atoms with E-state index in [0.29, 0.717) is 5.56 Å². The van der Waals surface area contributed by atoms with Gasteiger partial charge in [0.25, 0.3) is 0 Å². The van der Waals surface area contributed by atoms with E-state index in [1.807, 2.05) is 39.6 Å². The number of rotatable bonds is 6. The van der Waals surface area contributed by atoms with Crippen molar-refractivity contribution < 1.29 is 4.55 Å². The highest BCUT2D eigenvalue weighted by molar-refractivity contribution is 7.88. The first-order valence-corrected chi connectivity index (χ1v) is 13.1. The second-order valence-electron chi connectivity index (χ2n) is 8.99. The van der Waals surface area contributed by atoms with Crippen LogP contribution in [0.25, 0.3) is 28.2 Å². The molecule has 5 heterocycles. The number of aromatic nitrogens is 6.